The molecule has 0 bridgehead atoms. The predicted octanol–water partition coefficient (Wildman–Crippen LogP) is 1.56. The molecule has 0 saturated heterocycles. The maximum atomic E-state index is 8.46. The van der Waals surface area contributed by atoms with E-state index in [2.05, 4.69) is 6.92 Å². The summed E-state index contributed by atoms with van der Waals surface area (Å²) in [7, 11) is 0. The van der Waals surface area contributed by atoms with Crippen molar-refractivity contribution in [3.63, 3.8) is 0 Å². The van der Waals surface area contributed by atoms with Crippen LogP contribution in [0.15, 0.2) is 0 Å². The summed E-state index contributed by atoms with van der Waals surface area (Å²) >= 11 is 1.95. The van der Waals surface area contributed by atoms with Crippen molar-refractivity contribution in [1.82, 2.24) is 0 Å². The normalized spacial score (nSPS) is 10.9. The van der Waals surface area contributed by atoms with Crippen molar-refractivity contribution >= 4 is 11.8 Å². The van der Waals surface area contributed by atoms with Gasteiger partial charge in [-0.1, -0.05) is 13.3 Å². The van der Waals surface area contributed by atoms with Crippen molar-refractivity contribution in [3.05, 3.63) is 0 Å². The molecule has 17 heavy (non-hydrogen) atoms. The zero-order valence-electron chi connectivity index (χ0n) is 10.9. The quantitative estimate of drug-likeness (QED) is 0.484. The van der Waals surface area contributed by atoms with Crippen LogP contribution in [0, 0.1) is 0 Å². The first-order valence-electron chi connectivity index (χ1n) is 6.33. The van der Waals surface area contributed by atoms with Crippen LogP contribution in [0.3, 0.4) is 0 Å². The molecule has 0 aliphatic heterocycles. The Labute approximate surface area is 109 Å². The monoisotopic (exact) mass is 266 g/mol. The second-order valence-electron chi connectivity index (χ2n) is 3.53. The average molecular weight is 266 g/mol. The number of hydrogen-bond acceptors (Lipinski definition) is 5. The second-order valence-corrected chi connectivity index (χ2v) is 4.75. The molecule has 104 valence electrons. The number of ether oxygens (including phenoxy) is 3. The van der Waals surface area contributed by atoms with E-state index < -0.39 is 0 Å². The van der Waals surface area contributed by atoms with Crippen molar-refractivity contribution in [3.8, 4) is 0 Å². The fourth-order valence-corrected chi connectivity index (χ4v) is 2.01. The Morgan fingerprint density at radius 1 is 0.824 bits per heavy atom. The summed E-state index contributed by atoms with van der Waals surface area (Å²) in [4.78, 5) is 0. The molecule has 0 aliphatic carbocycles. The first-order valence-corrected chi connectivity index (χ1v) is 7.49. The lowest BCUT2D eigenvalue weighted by Gasteiger charge is -2.06. The molecule has 0 unspecified atom stereocenters. The van der Waals surface area contributed by atoms with Crippen molar-refractivity contribution in [2.45, 2.75) is 19.8 Å². The predicted molar refractivity (Wildman–Crippen MR) is 71.8 cm³/mol. The van der Waals surface area contributed by atoms with Gasteiger partial charge in [-0.3, -0.25) is 0 Å². The Bertz CT molecular complexity index is 122. The molecule has 0 saturated carbocycles. The summed E-state index contributed by atoms with van der Waals surface area (Å²) in [5.41, 5.74) is 0. The largest absolute Gasteiger partial charge is 0.394 e. The van der Waals surface area contributed by atoms with E-state index in [1.807, 2.05) is 11.8 Å². The van der Waals surface area contributed by atoms with Gasteiger partial charge in [0.25, 0.3) is 0 Å². The number of aliphatic hydroxyl groups is 1. The molecule has 0 aromatic carbocycles. The van der Waals surface area contributed by atoms with E-state index in [0.29, 0.717) is 33.0 Å². The van der Waals surface area contributed by atoms with Crippen LogP contribution < -0.4 is 0 Å². The number of rotatable bonds is 14. The van der Waals surface area contributed by atoms with Gasteiger partial charge in [-0.15, -0.1) is 0 Å². The van der Waals surface area contributed by atoms with Crippen LogP contribution in [-0.2, 0) is 14.2 Å². The van der Waals surface area contributed by atoms with Crippen LogP contribution in [0.1, 0.15) is 19.8 Å². The molecule has 0 spiro atoms. The van der Waals surface area contributed by atoms with E-state index in [1.165, 1.54) is 18.6 Å². The van der Waals surface area contributed by atoms with E-state index in [0.717, 1.165) is 12.4 Å². The Morgan fingerprint density at radius 2 is 1.41 bits per heavy atom. The highest BCUT2D eigenvalue weighted by Gasteiger charge is 1.92. The molecule has 0 aromatic rings. The lowest BCUT2D eigenvalue weighted by atomic mass is 10.4. The van der Waals surface area contributed by atoms with E-state index in [1.54, 1.807) is 0 Å². The van der Waals surface area contributed by atoms with Gasteiger partial charge in [0.05, 0.1) is 46.2 Å². The van der Waals surface area contributed by atoms with Gasteiger partial charge in [0, 0.05) is 5.75 Å². The maximum Gasteiger partial charge on any atom is 0.0701 e. The van der Waals surface area contributed by atoms with Gasteiger partial charge >= 0.3 is 0 Å². The van der Waals surface area contributed by atoms with E-state index in [4.69, 9.17) is 19.3 Å². The summed E-state index contributed by atoms with van der Waals surface area (Å²) in [6, 6.07) is 0. The molecule has 0 heterocycles. The Balaban J connectivity index is 2.85. The van der Waals surface area contributed by atoms with Crippen LogP contribution >= 0.6 is 11.8 Å². The maximum absolute atomic E-state index is 8.46. The Hall–Kier alpha value is 0.190. The molecule has 0 rings (SSSR count). The highest BCUT2D eigenvalue weighted by molar-refractivity contribution is 7.99. The van der Waals surface area contributed by atoms with Gasteiger partial charge in [0.1, 0.15) is 0 Å². The molecular formula is C12H26O4S. The van der Waals surface area contributed by atoms with E-state index in [9.17, 15) is 0 Å². The van der Waals surface area contributed by atoms with E-state index in [-0.39, 0.29) is 6.61 Å². The highest BCUT2D eigenvalue weighted by Crippen LogP contribution is 2.03. The fourth-order valence-electron chi connectivity index (χ4n) is 1.07. The molecule has 4 nitrogen and oxygen atoms in total. The minimum Gasteiger partial charge on any atom is -0.394 e. The van der Waals surface area contributed by atoms with Crippen LogP contribution in [-0.4, -0.2) is 62.9 Å². The van der Waals surface area contributed by atoms with Gasteiger partial charge in [-0.25, -0.2) is 0 Å². The molecule has 0 aliphatic rings. The highest BCUT2D eigenvalue weighted by atomic mass is 32.2. The molecule has 1 N–H and O–H groups in total. The van der Waals surface area contributed by atoms with Crippen LogP contribution in [0.2, 0.25) is 0 Å². The van der Waals surface area contributed by atoms with Gasteiger partial charge in [-0.2, -0.15) is 11.8 Å². The molecule has 0 radical (unpaired) electrons. The summed E-state index contributed by atoms with van der Waals surface area (Å²) in [6.07, 6.45) is 2.56. The molecule has 0 fully saturated rings. The van der Waals surface area contributed by atoms with Crippen molar-refractivity contribution in [2.75, 3.05) is 57.8 Å². The van der Waals surface area contributed by atoms with Gasteiger partial charge in [0.15, 0.2) is 0 Å². The second kappa shape index (κ2) is 16.2. The van der Waals surface area contributed by atoms with Crippen LogP contribution in [0.5, 0.6) is 0 Å². The number of thioether (sulfide) groups is 1. The summed E-state index contributed by atoms with van der Waals surface area (Å²) in [6.45, 7) is 5.82. The first-order chi connectivity index (χ1) is 8.41. The standard InChI is InChI=1S/C12H26O4S/c1-2-3-11-17-12-10-16-9-8-15-7-6-14-5-4-13/h13H,2-12H2,1H3. The smallest absolute Gasteiger partial charge is 0.0701 e. The topological polar surface area (TPSA) is 47.9 Å². The summed E-state index contributed by atoms with van der Waals surface area (Å²) < 4.78 is 15.7. The minimum absolute atomic E-state index is 0.0683. The third-order valence-corrected chi connectivity index (χ3v) is 3.03. The molecule has 5 heteroatoms. The third kappa shape index (κ3) is 16.2. The Kier molecular flexibility index (Phi) is 16.4. The fraction of sp³-hybridized carbons (Fsp3) is 1.00. The van der Waals surface area contributed by atoms with Crippen LogP contribution in [0.25, 0.3) is 0 Å². The van der Waals surface area contributed by atoms with Crippen molar-refractivity contribution in [1.29, 1.82) is 0 Å². The number of unbranched alkanes of at least 4 members (excludes halogenated alkanes) is 1. The van der Waals surface area contributed by atoms with Crippen molar-refractivity contribution < 1.29 is 19.3 Å². The third-order valence-electron chi connectivity index (χ3n) is 1.99. The molecule has 0 atom stereocenters. The summed E-state index contributed by atoms with van der Waals surface area (Å²) in [5, 5.41) is 8.46. The number of aliphatic hydroxyl groups excluding tert-OH is 1. The van der Waals surface area contributed by atoms with Gasteiger partial charge in [-0.05, 0) is 12.2 Å². The minimum atomic E-state index is 0.0683. The van der Waals surface area contributed by atoms with Gasteiger partial charge < -0.3 is 19.3 Å². The zero-order valence-corrected chi connectivity index (χ0v) is 11.7. The zero-order chi connectivity index (χ0) is 12.6. The average Bonchev–Trinajstić information content (AvgIpc) is 2.35. The number of hydrogen-bond donors (Lipinski definition) is 1. The van der Waals surface area contributed by atoms with Crippen LogP contribution in [0.4, 0.5) is 0 Å². The lowest BCUT2D eigenvalue weighted by Crippen LogP contribution is -2.11. The molecular weight excluding hydrogens is 240 g/mol. The summed E-state index contributed by atoms with van der Waals surface area (Å²) in [5.74, 6) is 2.30. The van der Waals surface area contributed by atoms with Gasteiger partial charge in [0.2, 0.25) is 0 Å². The SMILES string of the molecule is CCCCSCCOCCOCCOCCO. The molecule has 0 amide bonds. The van der Waals surface area contributed by atoms with Crippen molar-refractivity contribution in [2.24, 2.45) is 0 Å². The van der Waals surface area contributed by atoms with E-state index >= 15 is 0 Å². The first kappa shape index (κ1) is 17.2. The molecule has 0 aromatic heterocycles. The lowest BCUT2D eigenvalue weighted by molar-refractivity contribution is 0.0100. The Morgan fingerprint density at radius 3 is 2.00 bits per heavy atom.